The third-order valence-corrected chi connectivity index (χ3v) is 12.6. The Morgan fingerprint density at radius 1 is 0.303 bits per heavy atom. The van der Waals surface area contributed by atoms with E-state index in [1.165, 1.54) is 167 Å². The molecule has 0 aliphatic carbocycles. The minimum absolute atomic E-state index is 0.0820. The lowest BCUT2D eigenvalue weighted by molar-refractivity contribution is -0.167. The molecule has 0 N–H and O–H groups in total. The average Bonchev–Trinajstić information content (AvgIpc) is 3.31. The Morgan fingerprint density at radius 3 is 0.909 bits per heavy atom. The molecule has 0 aliphatic heterocycles. The summed E-state index contributed by atoms with van der Waals surface area (Å²) in [4.78, 5) is 38.1. The van der Waals surface area contributed by atoms with Gasteiger partial charge in [0.05, 0.1) is 0 Å². The van der Waals surface area contributed by atoms with Gasteiger partial charge in [0.25, 0.3) is 0 Å². The molecule has 6 heteroatoms. The Bertz CT molecular complexity index is 1150. The summed E-state index contributed by atoms with van der Waals surface area (Å²) in [5, 5.41) is 0. The summed E-state index contributed by atoms with van der Waals surface area (Å²) < 4.78 is 16.8. The number of ether oxygens (including phenoxy) is 3. The van der Waals surface area contributed by atoms with Crippen LogP contribution in [0.15, 0.2) is 48.6 Å². The minimum Gasteiger partial charge on any atom is -0.462 e. The van der Waals surface area contributed by atoms with Crippen LogP contribution < -0.4 is 0 Å². The maximum absolute atomic E-state index is 12.8. The van der Waals surface area contributed by atoms with Crippen LogP contribution in [0.5, 0.6) is 0 Å². The predicted octanol–water partition coefficient (Wildman–Crippen LogP) is 19.0. The molecule has 1 atom stereocenters. The van der Waals surface area contributed by atoms with Crippen LogP contribution in [0.25, 0.3) is 0 Å². The van der Waals surface area contributed by atoms with Crippen molar-refractivity contribution in [3.63, 3.8) is 0 Å². The molecule has 0 saturated heterocycles. The molecule has 66 heavy (non-hydrogen) atoms. The van der Waals surface area contributed by atoms with Gasteiger partial charge in [-0.3, -0.25) is 14.4 Å². The molecule has 0 radical (unpaired) electrons. The summed E-state index contributed by atoms with van der Waals surface area (Å²) in [6, 6.07) is 0. The fourth-order valence-corrected chi connectivity index (χ4v) is 8.21. The SMILES string of the molecule is CCCCC/C=C/C/C=C/C/C=C/CCCCCCC(=O)O[C@H](COC(=O)CCCCCCC/C=C/CCCCCC)COC(=O)CCCCCCCCCCCCCCCCCCCC. The number of hydrogen-bond donors (Lipinski definition) is 0. The second-order valence-electron chi connectivity index (χ2n) is 19.2. The molecule has 0 amide bonds. The normalized spacial score (nSPS) is 12.3. The highest BCUT2D eigenvalue weighted by atomic mass is 16.6. The third kappa shape index (κ3) is 52.3. The maximum atomic E-state index is 12.8. The molecule has 6 nitrogen and oxygen atoms in total. The lowest BCUT2D eigenvalue weighted by atomic mass is 10.0. The smallest absolute Gasteiger partial charge is 0.306 e. The molecule has 0 aromatic heterocycles. The van der Waals surface area contributed by atoms with E-state index in [9.17, 15) is 14.4 Å². The zero-order valence-electron chi connectivity index (χ0n) is 44.0. The first-order valence-electron chi connectivity index (χ1n) is 28.6. The van der Waals surface area contributed by atoms with Crippen LogP contribution in [0.3, 0.4) is 0 Å². The van der Waals surface area contributed by atoms with Crippen molar-refractivity contribution in [1.82, 2.24) is 0 Å². The highest BCUT2D eigenvalue weighted by molar-refractivity contribution is 5.71. The molecular formula is C60H108O6. The fraction of sp³-hybridized carbons (Fsp3) is 0.817. The average molecular weight is 926 g/mol. The third-order valence-electron chi connectivity index (χ3n) is 12.6. The van der Waals surface area contributed by atoms with Gasteiger partial charge < -0.3 is 14.2 Å². The van der Waals surface area contributed by atoms with Crippen LogP contribution in [-0.2, 0) is 28.6 Å². The van der Waals surface area contributed by atoms with Crippen molar-refractivity contribution in [2.75, 3.05) is 13.2 Å². The van der Waals surface area contributed by atoms with Gasteiger partial charge in [0.1, 0.15) is 13.2 Å². The predicted molar refractivity (Wildman–Crippen MR) is 284 cm³/mol. The molecular weight excluding hydrogens is 817 g/mol. The number of unbranched alkanes of at least 4 members (excludes halogenated alkanes) is 33. The van der Waals surface area contributed by atoms with Gasteiger partial charge in [-0.1, -0.05) is 243 Å². The van der Waals surface area contributed by atoms with Gasteiger partial charge >= 0.3 is 17.9 Å². The molecule has 0 unspecified atom stereocenters. The molecule has 384 valence electrons. The Kier molecular flexibility index (Phi) is 52.8. The second-order valence-corrected chi connectivity index (χ2v) is 19.2. The number of hydrogen-bond acceptors (Lipinski definition) is 6. The van der Waals surface area contributed by atoms with Gasteiger partial charge in [-0.25, -0.2) is 0 Å². The fourth-order valence-electron chi connectivity index (χ4n) is 8.21. The van der Waals surface area contributed by atoms with E-state index in [0.29, 0.717) is 19.3 Å². The second kappa shape index (κ2) is 55.0. The van der Waals surface area contributed by atoms with Crippen LogP contribution in [-0.4, -0.2) is 37.2 Å². The van der Waals surface area contributed by atoms with Crippen LogP contribution in [0.1, 0.15) is 297 Å². The highest BCUT2D eigenvalue weighted by Gasteiger charge is 2.19. The van der Waals surface area contributed by atoms with Crippen molar-refractivity contribution < 1.29 is 28.6 Å². The van der Waals surface area contributed by atoms with Gasteiger partial charge in [0.2, 0.25) is 0 Å². The molecule has 0 aliphatic rings. The van der Waals surface area contributed by atoms with Crippen LogP contribution >= 0.6 is 0 Å². The van der Waals surface area contributed by atoms with Crippen LogP contribution in [0.2, 0.25) is 0 Å². The van der Waals surface area contributed by atoms with Gasteiger partial charge in [-0.05, 0) is 83.5 Å². The molecule has 0 rings (SSSR count). The monoisotopic (exact) mass is 925 g/mol. The summed E-state index contributed by atoms with van der Waals surface area (Å²) >= 11 is 0. The van der Waals surface area contributed by atoms with Crippen molar-refractivity contribution in [3.8, 4) is 0 Å². The van der Waals surface area contributed by atoms with Crippen molar-refractivity contribution in [2.45, 2.75) is 303 Å². The van der Waals surface area contributed by atoms with Gasteiger partial charge in [0.15, 0.2) is 6.10 Å². The zero-order valence-corrected chi connectivity index (χ0v) is 44.0. The Balaban J connectivity index is 4.38. The van der Waals surface area contributed by atoms with Gasteiger partial charge in [-0.2, -0.15) is 0 Å². The van der Waals surface area contributed by atoms with Crippen LogP contribution in [0, 0.1) is 0 Å². The molecule has 0 heterocycles. The number of rotatable bonds is 52. The molecule has 0 spiro atoms. The van der Waals surface area contributed by atoms with Crippen molar-refractivity contribution in [3.05, 3.63) is 48.6 Å². The number of allylic oxidation sites excluding steroid dienone is 8. The Morgan fingerprint density at radius 2 is 0.545 bits per heavy atom. The molecule has 0 aromatic carbocycles. The van der Waals surface area contributed by atoms with E-state index in [1.54, 1.807) is 0 Å². The quantitative estimate of drug-likeness (QED) is 0.0262. The van der Waals surface area contributed by atoms with Gasteiger partial charge in [-0.15, -0.1) is 0 Å². The van der Waals surface area contributed by atoms with E-state index < -0.39 is 6.10 Å². The lowest BCUT2D eigenvalue weighted by Gasteiger charge is -2.18. The summed E-state index contributed by atoms with van der Waals surface area (Å²) in [7, 11) is 0. The number of esters is 3. The van der Waals surface area contributed by atoms with Crippen molar-refractivity contribution >= 4 is 17.9 Å². The van der Waals surface area contributed by atoms with Crippen molar-refractivity contribution in [1.29, 1.82) is 0 Å². The van der Waals surface area contributed by atoms with E-state index in [4.69, 9.17) is 14.2 Å². The summed E-state index contributed by atoms with van der Waals surface area (Å²) in [6.07, 6.45) is 66.7. The minimum atomic E-state index is -0.786. The number of carbonyl (C=O) groups excluding carboxylic acids is 3. The van der Waals surface area contributed by atoms with Gasteiger partial charge in [0, 0.05) is 19.3 Å². The highest BCUT2D eigenvalue weighted by Crippen LogP contribution is 2.16. The van der Waals surface area contributed by atoms with Crippen LogP contribution in [0.4, 0.5) is 0 Å². The van der Waals surface area contributed by atoms with E-state index in [1.807, 2.05) is 0 Å². The van der Waals surface area contributed by atoms with E-state index in [-0.39, 0.29) is 31.1 Å². The lowest BCUT2D eigenvalue weighted by Crippen LogP contribution is -2.30. The summed E-state index contributed by atoms with van der Waals surface area (Å²) in [5.41, 5.74) is 0. The zero-order chi connectivity index (χ0) is 47.9. The standard InChI is InChI=1S/C60H108O6/c1-4-7-10-13-16-19-22-25-27-29-31-32-35-38-41-44-47-50-53-59(62)65-56-57(55-64-58(61)52-49-46-43-40-37-34-24-21-18-15-12-9-6-3)66-60(63)54-51-48-45-42-39-36-33-30-28-26-23-20-17-14-11-8-5-2/h17,20-21,24,26,28,33,36,57H,4-16,18-19,22-23,25,27,29-32,34-35,37-56H2,1-3H3/b20-17+,24-21+,28-26+,36-33+/t57-/m1/s1. The molecule has 0 bridgehead atoms. The molecule has 0 saturated carbocycles. The van der Waals surface area contributed by atoms with E-state index >= 15 is 0 Å². The number of carbonyl (C=O) groups is 3. The topological polar surface area (TPSA) is 78.9 Å². The van der Waals surface area contributed by atoms with E-state index in [2.05, 4.69) is 69.4 Å². The molecule has 0 fully saturated rings. The maximum Gasteiger partial charge on any atom is 0.306 e. The summed E-state index contributed by atoms with van der Waals surface area (Å²) in [5.74, 6) is -0.899. The summed E-state index contributed by atoms with van der Waals surface area (Å²) in [6.45, 7) is 6.60. The Hall–Kier alpha value is -2.63. The first-order valence-corrected chi connectivity index (χ1v) is 28.6. The first-order chi connectivity index (χ1) is 32.5. The molecule has 0 aromatic rings. The largest absolute Gasteiger partial charge is 0.462 e. The van der Waals surface area contributed by atoms with E-state index in [0.717, 1.165) is 89.9 Å². The Labute approximate surface area is 409 Å². The first kappa shape index (κ1) is 63.4. The van der Waals surface area contributed by atoms with Crippen molar-refractivity contribution in [2.24, 2.45) is 0 Å².